The topological polar surface area (TPSA) is 114 Å². The number of anilines is 1. The van der Waals surface area contributed by atoms with E-state index in [4.69, 9.17) is 19.2 Å². The molecule has 1 aromatic heterocycles. The number of sulfonamides is 1. The van der Waals surface area contributed by atoms with Crippen molar-refractivity contribution in [1.29, 1.82) is 0 Å². The molecule has 0 unspecified atom stereocenters. The molecule has 0 radical (unpaired) electrons. The summed E-state index contributed by atoms with van der Waals surface area (Å²) in [5.41, 5.74) is 1.31. The average Bonchev–Trinajstić information content (AvgIpc) is 3.42. The lowest BCUT2D eigenvalue weighted by Gasteiger charge is -2.34. The third-order valence-electron chi connectivity index (χ3n) is 6.79. The second-order valence-electron chi connectivity index (χ2n) is 9.30. The van der Waals surface area contributed by atoms with E-state index in [0.29, 0.717) is 12.1 Å². The SMILES string of the molecule is COCCN(CCOC)S(=O)(=O)c1ccc(C(=O)NCCN2CCN(c3nc4c(OC)cccc4s3)CC2)cc1. The number of rotatable bonds is 14. The summed E-state index contributed by atoms with van der Waals surface area (Å²) in [6.07, 6.45) is 0. The maximum atomic E-state index is 13.1. The van der Waals surface area contributed by atoms with Crippen molar-refractivity contribution in [1.82, 2.24) is 19.5 Å². The molecular weight excluding hydrogens is 554 g/mol. The molecule has 3 aromatic rings. The van der Waals surface area contributed by atoms with Crippen LogP contribution in [0.2, 0.25) is 0 Å². The Kier molecular flexibility index (Phi) is 10.7. The number of methoxy groups -OCH3 is 3. The van der Waals surface area contributed by atoms with E-state index in [1.54, 1.807) is 30.6 Å². The number of para-hydroxylation sites is 1. The number of hydrogen-bond acceptors (Lipinski definition) is 10. The molecule has 1 aliphatic rings. The first kappa shape index (κ1) is 30.2. The smallest absolute Gasteiger partial charge is 0.251 e. The Hall–Kier alpha value is -2.81. The second-order valence-corrected chi connectivity index (χ2v) is 12.2. The van der Waals surface area contributed by atoms with Crippen molar-refractivity contribution >= 4 is 42.6 Å². The number of fused-ring (bicyclic) bond motifs is 1. The van der Waals surface area contributed by atoms with Gasteiger partial charge in [0.05, 0.1) is 29.9 Å². The average molecular weight is 592 g/mol. The minimum Gasteiger partial charge on any atom is -0.494 e. The van der Waals surface area contributed by atoms with Crippen LogP contribution >= 0.6 is 11.3 Å². The lowest BCUT2D eigenvalue weighted by molar-refractivity contribution is 0.0947. The maximum absolute atomic E-state index is 13.1. The highest BCUT2D eigenvalue weighted by atomic mass is 32.2. The van der Waals surface area contributed by atoms with Crippen LogP contribution in [0.25, 0.3) is 10.2 Å². The highest BCUT2D eigenvalue weighted by molar-refractivity contribution is 7.89. The fourth-order valence-corrected chi connectivity index (χ4v) is 6.91. The Morgan fingerprint density at radius 2 is 1.68 bits per heavy atom. The summed E-state index contributed by atoms with van der Waals surface area (Å²) in [6.45, 7) is 5.67. The van der Waals surface area contributed by atoms with Gasteiger partial charge in [0, 0.05) is 72.1 Å². The van der Waals surface area contributed by atoms with Gasteiger partial charge in [0.15, 0.2) is 5.13 Å². The molecule has 40 heavy (non-hydrogen) atoms. The number of aromatic nitrogens is 1. The summed E-state index contributed by atoms with van der Waals surface area (Å²) in [6, 6.07) is 12.0. The van der Waals surface area contributed by atoms with Gasteiger partial charge in [0.1, 0.15) is 11.3 Å². The van der Waals surface area contributed by atoms with Crippen LogP contribution < -0.4 is 15.0 Å². The molecule has 1 aliphatic heterocycles. The summed E-state index contributed by atoms with van der Waals surface area (Å²) in [7, 11) is 0.975. The maximum Gasteiger partial charge on any atom is 0.251 e. The van der Waals surface area contributed by atoms with E-state index in [1.165, 1.54) is 30.7 Å². The zero-order chi connectivity index (χ0) is 28.5. The van der Waals surface area contributed by atoms with Gasteiger partial charge in [-0.05, 0) is 36.4 Å². The predicted octanol–water partition coefficient (Wildman–Crippen LogP) is 2.14. The summed E-state index contributed by atoms with van der Waals surface area (Å²) in [4.78, 5) is 22.2. The van der Waals surface area contributed by atoms with Crippen molar-refractivity contribution in [3.63, 3.8) is 0 Å². The summed E-state index contributed by atoms with van der Waals surface area (Å²) < 4.78 is 44.1. The molecule has 11 nitrogen and oxygen atoms in total. The number of thiazole rings is 1. The van der Waals surface area contributed by atoms with Crippen molar-refractivity contribution in [3.8, 4) is 5.75 Å². The number of nitrogens with one attached hydrogen (secondary N) is 1. The van der Waals surface area contributed by atoms with Crippen LogP contribution in [-0.4, -0.2) is 115 Å². The highest BCUT2D eigenvalue weighted by Gasteiger charge is 2.25. The Labute approximate surface area is 239 Å². The molecule has 2 heterocycles. The second kappa shape index (κ2) is 14.2. The third-order valence-corrected chi connectivity index (χ3v) is 9.79. The molecule has 13 heteroatoms. The van der Waals surface area contributed by atoms with Crippen LogP contribution in [0.4, 0.5) is 5.13 Å². The zero-order valence-electron chi connectivity index (χ0n) is 23.2. The van der Waals surface area contributed by atoms with E-state index < -0.39 is 10.0 Å². The number of ether oxygens (including phenoxy) is 3. The summed E-state index contributed by atoms with van der Waals surface area (Å²) in [5, 5.41) is 3.94. The molecule has 1 fully saturated rings. The van der Waals surface area contributed by atoms with Crippen molar-refractivity contribution in [2.24, 2.45) is 0 Å². The van der Waals surface area contributed by atoms with Crippen molar-refractivity contribution in [3.05, 3.63) is 48.0 Å². The molecule has 0 saturated carbocycles. The van der Waals surface area contributed by atoms with Crippen LogP contribution in [-0.2, 0) is 19.5 Å². The minimum absolute atomic E-state index is 0.126. The normalized spacial score (nSPS) is 14.7. The summed E-state index contributed by atoms with van der Waals surface area (Å²) in [5.74, 6) is 0.554. The molecule has 1 N–H and O–H groups in total. The number of piperazine rings is 1. The lowest BCUT2D eigenvalue weighted by Crippen LogP contribution is -2.48. The van der Waals surface area contributed by atoms with Gasteiger partial charge >= 0.3 is 0 Å². The molecule has 0 bridgehead atoms. The van der Waals surface area contributed by atoms with Crippen LogP contribution in [0.3, 0.4) is 0 Å². The van der Waals surface area contributed by atoms with Crippen molar-refractivity contribution in [2.45, 2.75) is 4.90 Å². The van der Waals surface area contributed by atoms with Crippen molar-refractivity contribution in [2.75, 3.05) is 91.8 Å². The number of nitrogens with zero attached hydrogens (tertiary/aromatic N) is 4. The standard InChI is InChI=1S/C27H37N5O6S2/c1-36-19-17-32(18-20-37-2)40(34,35)22-9-7-21(8-10-22)26(33)28-11-12-30-13-15-31(16-14-30)27-29-25-23(38-3)5-4-6-24(25)39-27/h4-10H,11-20H2,1-3H3,(H,28,33). The molecule has 0 aliphatic carbocycles. The minimum atomic E-state index is -3.73. The first-order valence-corrected chi connectivity index (χ1v) is 15.4. The quantitative estimate of drug-likeness (QED) is 0.301. The third kappa shape index (κ3) is 7.28. The van der Waals surface area contributed by atoms with Crippen molar-refractivity contribution < 1.29 is 27.4 Å². The highest BCUT2D eigenvalue weighted by Crippen LogP contribution is 2.34. The van der Waals surface area contributed by atoms with Gasteiger partial charge in [0.25, 0.3) is 5.91 Å². The molecule has 1 amide bonds. The summed E-state index contributed by atoms with van der Waals surface area (Å²) >= 11 is 1.67. The molecule has 218 valence electrons. The largest absolute Gasteiger partial charge is 0.494 e. The zero-order valence-corrected chi connectivity index (χ0v) is 24.8. The van der Waals surface area contributed by atoms with Gasteiger partial charge in [-0.2, -0.15) is 4.31 Å². The van der Waals surface area contributed by atoms with Gasteiger partial charge < -0.3 is 24.4 Å². The first-order valence-electron chi connectivity index (χ1n) is 13.1. The molecule has 1 saturated heterocycles. The van der Waals surface area contributed by atoms with Gasteiger partial charge in [-0.25, -0.2) is 13.4 Å². The number of carbonyl (C=O) groups excluding carboxylic acids is 1. The van der Waals surface area contributed by atoms with E-state index >= 15 is 0 Å². The van der Waals surface area contributed by atoms with Gasteiger partial charge in [0.2, 0.25) is 10.0 Å². The fourth-order valence-electron chi connectivity index (χ4n) is 4.47. The van der Waals surface area contributed by atoms with Crippen LogP contribution in [0.5, 0.6) is 5.75 Å². The molecule has 2 aromatic carbocycles. The first-order chi connectivity index (χ1) is 19.4. The Balaban J connectivity index is 1.25. The van der Waals surface area contributed by atoms with E-state index in [9.17, 15) is 13.2 Å². The van der Waals surface area contributed by atoms with Gasteiger partial charge in [-0.15, -0.1) is 0 Å². The Morgan fingerprint density at radius 3 is 2.30 bits per heavy atom. The lowest BCUT2D eigenvalue weighted by atomic mass is 10.2. The number of hydrogen-bond donors (Lipinski definition) is 1. The van der Waals surface area contributed by atoms with E-state index in [0.717, 1.165) is 53.8 Å². The number of amides is 1. The Morgan fingerprint density at radius 1 is 1.00 bits per heavy atom. The van der Waals surface area contributed by atoms with Crippen LogP contribution in [0.1, 0.15) is 10.4 Å². The molecule has 0 spiro atoms. The van der Waals surface area contributed by atoms with Gasteiger partial charge in [-0.1, -0.05) is 17.4 Å². The number of carbonyl (C=O) groups is 1. The predicted molar refractivity (Wildman–Crippen MR) is 156 cm³/mol. The van der Waals surface area contributed by atoms with E-state index in [1.807, 2.05) is 12.1 Å². The van der Waals surface area contributed by atoms with Gasteiger partial charge in [-0.3, -0.25) is 9.69 Å². The number of benzene rings is 2. The van der Waals surface area contributed by atoms with Crippen LogP contribution in [0, 0.1) is 0 Å². The van der Waals surface area contributed by atoms with E-state index in [-0.39, 0.29) is 37.1 Å². The Bertz CT molecular complexity index is 1350. The van der Waals surface area contributed by atoms with Crippen LogP contribution in [0.15, 0.2) is 47.4 Å². The molecule has 0 atom stereocenters. The molecular formula is C27H37N5O6S2. The fraction of sp³-hybridized carbons (Fsp3) is 0.481. The van der Waals surface area contributed by atoms with E-state index in [2.05, 4.69) is 21.2 Å². The molecule has 4 rings (SSSR count). The monoisotopic (exact) mass is 591 g/mol.